The lowest BCUT2D eigenvalue weighted by atomic mass is 9.68. The molecule has 2 heterocycles. The second-order valence-electron chi connectivity index (χ2n) is 12.3. The van der Waals surface area contributed by atoms with Crippen LogP contribution in [0.2, 0.25) is 0 Å². The van der Waals surface area contributed by atoms with Crippen LogP contribution in [0.15, 0.2) is 18.2 Å². The van der Waals surface area contributed by atoms with Gasteiger partial charge in [-0.05, 0) is 93.4 Å². The summed E-state index contributed by atoms with van der Waals surface area (Å²) in [6, 6.07) is 6.16. The van der Waals surface area contributed by atoms with Crippen LogP contribution >= 0.6 is 0 Å². The fourth-order valence-corrected chi connectivity index (χ4v) is 7.70. The molecule has 210 valence electrons. The first kappa shape index (κ1) is 27.4. The number of fused-ring (bicyclic) bond motifs is 4. The molecule has 7 atom stereocenters. The van der Waals surface area contributed by atoms with E-state index < -0.39 is 0 Å². The summed E-state index contributed by atoms with van der Waals surface area (Å²) >= 11 is 0. The van der Waals surface area contributed by atoms with E-state index in [1.165, 1.54) is 24.5 Å². The summed E-state index contributed by atoms with van der Waals surface area (Å²) in [5.41, 5.74) is 9.40. The number of carbonyl (C=O) groups excluding carboxylic acids is 2. The first-order chi connectivity index (χ1) is 18.4. The third-order valence-electron chi connectivity index (χ3n) is 9.76. The van der Waals surface area contributed by atoms with Gasteiger partial charge in [0.15, 0.2) is 6.61 Å². The first-order valence-electron chi connectivity index (χ1n) is 15.0. The summed E-state index contributed by atoms with van der Waals surface area (Å²) < 4.78 is 17.5. The first-order valence-corrected chi connectivity index (χ1v) is 15.0. The molecule has 1 aromatic rings. The van der Waals surface area contributed by atoms with Crippen LogP contribution in [0.3, 0.4) is 0 Å². The average molecular weight is 527 g/mol. The zero-order chi connectivity index (χ0) is 26.7. The fourth-order valence-electron chi connectivity index (χ4n) is 7.70. The number of hydrogen-bond donors (Lipinski definition) is 1. The van der Waals surface area contributed by atoms with Crippen molar-refractivity contribution in [3.63, 3.8) is 0 Å². The molecule has 3 fully saturated rings. The molecule has 0 radical (unpaired) electrons. The minimum atomic E-state index is -0.271. The highest BCUT2D eigenvalue weighted by molar-refractivity contribution is 5.71. The standard InChI is InChI=1S/C31H46N2O5/c1-3-4-5-8-26(37-21(2)34)13-12-24-10-11-25-16-27-22(17-31(24,25)32)7-6-9-28(27)36-20-30(35)38-29-19-33-15-14-23(29)18-33/h6-7,9,23-26,29H,3-5,8,10-20,32H2,1-2H3. The number of hydrogen-bond acceptors (Lipinski definition) is 7. The quantitative estimate of drug-likeness (QED) is 0.318. The van der Waals surface area contributed by atoms with Crippen LogP contribution in [0.1, 0.15) is 82.8 Å². The zero-order valence-corrected chi connectivity index (χ0v) is 23.3. The number of unbranched alkanes of at least 4 members (excludes halogenated alkanes) is 2. The molecule has 2 saturated heterocycles. The molecule has 7 heteroatoms. The van der Waals surface area contributed by atoms with Gasteiger partial charge in [0, 0.05) is 31.5 Å². The van der Waals surface area contributed by atoms with Gasteiger partial charge in [-0.25, -0.2) is 4.79 Å². The van der Waals surface area contributed by atoms with E-state index in [1.54, 1.807) is 0 Å². The van der Waals surface area contributed by atoms with E-state index in [9.17, 15) is 9.59 Å². The Morgan fingerprint density at radius 2 is 2.03 bits per heavy atom. The van der Waals surface area contributed by atoms with E-state index in [0.717, 1.165) is 89.6 Å². The predicted octanol–water partition coefficient (Wildman–Crippen LogP) is 4.43. The van der Waals surface area contributed by atoms with Crippen molar-refractivity contribution in [2.75, 3.05) is 26.2 Å². The topological polar surface area (TPSA) is 91.1 Å². The van der Waals surface area contributed by atoms with Crippen LogP contribution in [0.25, 0.3) is 0 Å². The molecular weight excluding hydrogens is 480 g/mol. The Morgan fingerprint density at radius 1 is 1.16 bits per heavy atom. The second kappa shape index (κ2) is 12.0. The van der Waals surface area contributed by atoms with Gasteiger partial charge in [0.25, 0.3) is 0 Å². The fraction of sp³-hybridized carbons (Fsp3) is 0.742. The Morgan fingerprint density at radius 3 is 2.76 bits per heavy atom. The highest BCUT2D eigenvalue weighted by Crippen LogP contribution is 2.49. The van der Waals surface area contributed by atoms with E-state index in [4.69, 9.17) is 19.9 Å². The van der Waals surface area contributed by atoms with Crippen molar-refractivity contribution in [3.05, 3.63) is 29.3 Å². The lowest BCUT2D eigenvalue weighted by Gasteiger charge is -2.42. The van der Waals surface area contributed by atoms with Crippen molar-refractivity contribution >= 4 is 11.9 Å². The molecule has 1 saturated carbocycles. The Balaban J connectivity index is 1.17. The van der Waals surface area contributed by atoms with Crippen LogP contribution < -0.4 is 10.5 Å². The van der Waals surface area contributed by atoms with Crippen molar-refractivity contribution in [2.45, 2.75) is 102 Å². The van der Waals surface area contributed by atoms with Gasteiger partial charge in [-0.15, -0.1) is 0 Å². The molecule has 2 aliphatic heterocycles. The predicted molar refractivity (Wildman–Crippen MR) is 146 cm³/mol. The van der Waals surface area contributed by atoms with E-state index in [-0.39, 0.29) is 36.3 Å². The van der Waals surface area contributed by atoms with Gasteiger partial charge in [0.1, 0.15) is 18.0 Å². The maximum atomic E-state index is 12.6. The minimum Gasteiger partial charge on any atom is -0.482 e. The van der Waals surface area contributed by atoms with Crippen molar-refractivity contribution in [3.8, 4) is 5.75 Å². The average Bonchev–Trinajstić information content (AvgIpc) is 3.58. The highest BCUT2D eigenvalue weighted by atomic mass is 16.6. The van der Waals surface area contributed by atoms with Crippen molar-refractivity contribution in [1.82, 2.24) is 4.90 Å². The molecule has 0 spiro atoms. The lowest BCUT2D eigenvalue weighted by molar-refractivity contribution is -0.153. The van der Waals surface area contributed by atoms with Crippen LogP contribution in [0.4, 0.5) is 0 Å². The van der Waals surface area contributed by atoms with Gasteiger partial charge in [0.05, 0.1) is 0 Å². The molecule has 1 aromatic carbocycles. The number of carbonyl (C=O) groups is 2. The Bertz CT molecular complexity index is 998. The summed E-state index contributed by atoms with van der Waals surface area (Å²) in [6.07, 6.45) is 11.3. The second-order valence-corrected chi connectivity index (χ2v) is 12.3. The van der Waals surface area contributed by atoms with Crippen molar-refractivity contribution < 1.29 is 23.8 Å². The van der Waals surface area contributed by atoms with Crippen molar-refractivity contribution in [2.24, 2.45) is 23.5 Å². The molecule has 4 aliphatic rings. The molecule has 5 rings (SSSR count). The smallest absolute Gasteiger partial charge is 0.344 e. The summed E-state index contributed by atoms with van der Waals surface area (Å²) in [4.78, 5) is 26.6. The zero-order valence-electron chi connectivity index (χ0n) is 23.3. The van der Waals surface area contributed by atoms with E-state index >= 15 is 0 Å². The molecule has 7 nitrogen and oxygen atoms in total. The SMILES string of the molecule is CCCCCC(CCC1CCC2Cc3c(cccc3OCC(=O)OC3CN4CCC3C4)CC12N)OC(C)=O. The molecule has 2 bridgehead atoms. The maximum absolute atomic E-state index is 12.6. The molecule has 7 unspecified atom stereocenters. The number of ether oxygens (including phenoxy) is 3. The summed E-state index contributed by atoms with van der Waals surface area (Å²) in [7, 11) is 0. The van der Waals surface area contributed by atoms with Gasteiger partial charge >= 0.3 is 11.9 Å². The molecule has 2 aliphatic carbocycles. The number of rotatable bonds is 12. The number of nitrogens with two attached hydrogens (primary N) is 1. The summed E-state index contributed by atoms with van der Waals surface area (Å²) in [5, 5.41) is 0. The third-order valence-corrected chi connectivity index (χ3v) is 9.76. The Labute approximate surface area is 227 Å². The van der Waals surface area contributed by atoms with Crippen molar-refractivity contribution in [1.29, 1.82) is 0 Å². The molecule has 0 aromatic heterocycles. The van der Waals surface area contributed by atoms with E-state index in [0.29, 0.717) is 17.8 Å². The van der Waals surface area contributed by atoms with Gasteiger partial charge in [-0.3, -0.25) is 9.69 Å². The number of esters is 2. The van der Waals surface area contributed by atoms with Crippen LogP contribution in [-0.2, 0) is 31.9 Å². The van der Waals surface area contributed by atoms with E-state index in [1.807, 2.05) is 12.1 Å². The summed E-state index contributed by atoms with van der Waals surface area (Å²) in [5.74, 6) is 1.64. The van der Waals surface area contributed by atoms with E-state index in [2.05, 4.69) is 17.9 Å². The minimum absolute atomic E-state index is 0.00562. The monoisotopic (exact) mass is 526 g/mol. The highest BCUT2D eigenvalue weighted by Gasteiger charge is 2.50. The lowest BCUT2D eigenvalue weighted by Crippen LogP contribution is -2.53. The molecule has 0 amide bonds. The molecule has 2 N–H and O–H groups in total. The molecule has 38 heavy (non-hydrogen) atoms. The van der Waals surface area contributed by atoms with Crippen LogP contribution in [-0.4, -0.2) is 60.8 Å². The number of benzene rings is 1. The van der Waals surface area contributed by atoms with Gasteiger partial charge < -0.3 is 19.9 Å². The molecular formula is C31H46N2O5. The third kappa shape index (κ3) is 6.04. The van der Waals surface area contributed by atoms with Crippen LogP contribution in [0, 0.1) is 17.8 Å². The number of nitrogens with zero attached hydrogens (tertiary/aromatic N) is 1. The van der Waals surface area contributed by atoms with Gasteiger partial charge in [-0.1, -0.05) is 31.9 Å². The Kier molecular flexibility index (Phi) is 8.63. The van der Waals surface area contributed by atoms with Gasteiger partial charge in [0.2, 0.25) is 0 Å². The largest absolute Gasteiger partial charge is 0.482 e. The number of piperidine rings is 1. The summed E-state index contributed by atoms with van der Waals surface area (Å²) in [6.45, 7) is 6.70. The Hall–Kier alpha value is -2.12. The maximum Gasteiger partial charge on any atom is 0.344 e. The van der Waals surface area contributed by atoms with Crippen LogP contribution in [0.5, 0.6) is 5.75 Å². The van der Waals surface area contributed by atoms with Gasteiger partial charge in [-0.2, -0.15) is 0 Å². The normalized spacial score (nSPS) is 31.9.